The van der Waals surface area contributed by atoms with E-state index in [4.69, 9.17) is 14.7 Å². The van der Waals surface area contributed by atoms with Crippen molar-refractivity contribution in [3.8, 4) is 17.0 Å². The van der Waals surface area contributed by atoms with Crippen molar-refractivity contribution < 1.29 is 4.74 Å². The van der Waals surface area contributed by atoms with Crippen LogP contribution in [0.25, 0.3) is 11.3 Å². The van der Waals surface area contributed by atoms with Gasteiger partial charge in [0.2, 0.25) is 5.95 Å². The van der Waals surface area contributed by atoms with E-state index in [2.05, 4.69) is 52.3 Å². The SMILES string of the molecule is COc1ccc(N2CCN(c3nc4c(c(-c5ccccc5)n3)CCCC4)CC2)cc1. The van der Waals surface area contributed by atoms with Gasteiger partial charge in [0, 0.05) is 48.7 Å². The largest absolute Gasteiger partial charge is 0.497 e. The average Bonchev–Trinajstić information content (AvgIpc) is 2.84. The van der Waals surface area contributed by atoms with Crippen LogP contribution in [0.2, 0.25) is 0 Å². The quantitative estimate of drug-likeness (QED) is 0.651. The molecule has 1 aliphatic carbocycles. The fourth-order valence-corrected chi connectivity index (χ4v) is 4.51. The Morgan fingerprint density at radius 3 is 2.20 bits per heavy atom. The summed E-state index contributed by atoms with van der Waals surface area (Å²) in [5.74, 6) is 1.79. The van der Waals surface area contributed by atoms with Gasteiger partial charge in [-0.15, -0.1) is 0 Å². The second kappa shape index (κ2) is 8.34. The molecule has 5 rings (SSSR count). The van der Waals surface area contributed by atoms with Gasteiger partial charge in [-0.05, 0) is 49.9 Å². The van der Waals surface area contributed by atoms with E-state index in [1.165, 1.54) is 35.3 Å². The number of nitrogens with zero attached hydrogens (tertiary/aromatic N) is 4. The molecule has 0 bridgehead atoms. The van der Waals surface area contributed by atoms with Gasteiger partial charge in [0.15, 0.2) is 0 Å². The second-order valence-electron chi connectivity index (χ2n) is 8.04. The van der Waals surface area contributed by atoms with E-state index in [-0.39, 0.29) is 0 Å². The lowest BCUT2D eigenvalue weighted by Gasteiger charge is -2.36. The molecule has 30 heavy (non-hydrogen) atoms. The van der Waals surface area contributed by atoms with E-state index < -0.39 is 0 Å². The van der Waals surface area contributed by atoms with Crippen LogP contribution in [0.5, 0.6) is 5.75 Å². The van der Waals surface area contributed by atoms with Crippen molar-refractivity contribution in [2.24, 2.45) is 0 Å². The Morgan fingerprint density at radius 1 is 0.767 bits per heavy atom. The van der Waals surface area contributed by atoms with E-state index >= 15 is 0 Å². The van der Waals surface area contributed by atoms with Crippen LogP contribution in [0.4, 0.5) is 11.6 Å². The first kappa shape index (κ1) is 18.9. The Kier molecular flexibility index (Phi) is 5.26. The molecule has 0 spiro atoms. The molecule has 1 fully saturated rings. The Hall–Kier alpha value is -3.08. The molecule has 1 saturated heterocycles. The van der Waals surface area contributed by atoms with Gasteiger partial charge in [0.05, 0.1) is 12.8 Å². The summed E-state index contributed by atoms with van der Waals surface area (Å²) in [6.45, 7) is 3.79. The minimum absolute atomic E-state index is 0.892. The van der Waals surface area contributed by atoms with Crippen molar-refractivity contribution in [2.45, 2.75) is 25.7 Å². The highest BCUT2D eigenvalue weighted by molar-refractivity contribution is 5.66. The highest BCUT2D eigenvalue weighted by Gasteiger charge is 2.24. The maximum atomic E-state index is 5.28. The summed E-state index contributed by atoms with van der Waals surface area (Å²) in [5.41, 5.74) is 6.19. The summed E-state index contributed by atoms with van der Waals surface area (Å²) < 4.78 is 5.28. The van der Waals surface area contributed by atoms with Crippen LogP contribution in [0, 0.1) is 0 Å². The smallest absolute Gasteiger partial charge is 0.226 e. The minimum atomic E-state index is 0.892. The standard InChI is InChI=1S/C25H28N4O/c1-30-21-13-11-20(12-14-21)28-15-17-29(18-16-28)25-26-23-10-6-5-9-22(23)24(27-25)19-7-3-2-4-8-19/h2-4,7-8,11-14H,5-6,9-10,15-18H2,1H3. The summed E-state index contributed by atoms with van der Waals surface area (Å²) in [6, 6.07) is 18.9. The molecule has 0 atom stereocenters. The molecular weight excluding hydrogens is 372 g/mol. The van der Waals surface area contributed by atoms with E-state index in [0.29, 0.717) is 0 Å². The first-order valence-corrected chi connectivity index (χ1v) is 10.9. The minimum Gasteiger partial charge on any atom is -0.497 e. The third-order valence-electron chi connectivity index (χ3n) is 6.22. The van der Waals surface area contributed by atoms with Crippen LogP contribution in [0.3, 0.4) is 0 Å². The van der Waals surface area contributed by atoms with Gasteiger partial charge in [0.1, 0.15) is 5.75 Å². The third-order valence-corrected chi connectivity index (χ3v) is 6.22. The second-order valence-corrected chi connectivity index (χ2v) is 8.04. The maximum Gasteiger partial charge on any atom is 0.226 e. The number of hydrogen-bond acceptors (Lipinski definition) is 5. The molecule has 0 saturated carbocycles. The Labute approximate surface area is 178 Å². The highest BCUT2D eigenvalue weighted by atomic mass is 16.5. The summed E-state index contributed by atoms with van der Waals surface area (Å²) in [4.78, 5) is 14.9. The fourth-order valence-electron chi connectivity index (χ4n) is 4.51. The number of ether oxygens (including phenoxy) is 1. The molecule has 1 aromatic heterocycles. The molecule has 0 radical (unpaired) electrons. The number of piperazine rings is 1. The lowest BCUT2D eigenvalue weighted by Crippen LogP contribution is -2.47. The van der Waals surface area contributed by atoms with Crippen LogP contribution < -0.4 is 14.5 Å². The van der Waals surface area contributed by atoms with Gasteiger partial charge in [0.25, 0.3) is 0 Å². The molecule has 2 aliphatic rings. The zero-order chi connectivity index (χ0) is 20.3. The normalized spacial score (nSPS) is 16.3. The average molecular weight is 401 g/mol. The number of benzene rings is 2. The molecule has 2 aromatic carbocycles. The van der Waals surface area contributed by atoms with Crippen LogP contribution in [-0.2, 0) is 12.8 Å². The van der Waals surface area contributed by atoms with Crippen molar-refractivity contribution in [3.63, 3.8) is 0 Å². The molecule has 1 aliphatic heterocycles. The molecule has 0 N–H and O–H groups in total. The number of methoxy groups -OCH3 is 1. The number of aryl methyl sites for hydroxylation is 1. The molecule has 2 heterocycles. The number of aromatic nitrogens is 2. The third kappa shape index (κ3) is 3.72. The molecule has 154 valence electrons. The predicted octanol–water partition coefficient (Wildman–Crippen LogP) is 4.36. The van der Waals surface area contributed by atoms with Crippen LogP contribution in [0.1, 0.15) is 24.1 Å². The molecule has 0 unspecified atom stereocenters. The Balaban J connectivity index is 1.38. The van der Waals surface area contributed by atoms with Gasteiger partial charge >= 0.3 is 0 Å². The first-order chi connectivity index (χ1) is 14.8. The number of anilines is 2. The molecule has 5 heteroatoms. The van der Waals surface area contributed by atoms with Crippen LogP contribution in [0.15, 0.2) is 54.6 Å². The summed E-state index contributed by atoms with van der Waals surface area (Å²) >= 11 is 0. The maximum absolute atomic E-state index is 5.28. The zero-order valence-electron chi connectivity index (χ0n) is 17.6. The van der Waals surface area contributed by atoms with Crippen molar-refractivity contribution in [3.05, 3.63) is 65.9 Å². The zero-order valence-corrected chi connectivity index (χ0v) is 17.6. The Bertz CT molecular complexity index is 996. The topological polar surface area (TPSA) is 41.5 Å². The molecule has 0 amide bonds. The monoisotopic (exact) mass is 400 g/mol. The lowest BCUT2D eigenvalue weighted by atomic mass is 9.92. The van der Waals surface area contributed by atoms with Crippen LogP contribution in [-0.4, -0.2) is 43.3 Å². The Morgan fingerprint density at radius 2 is 1.47 bits per heavy atom. The van der Waals surface area contributed by atoms with Gasteiger partial charge in [-0.3, -0.25) is 0 Å². The van der Waals surface area contributed by atoms with Crippen molar-refractivity contribution >= 4 is 11.6 Å². The number of hydrogen-bond donors (Lipinski definition) is 0. The molecule has 5 nitrogen and oxygen atoms in total. The summed E-state index contributed by atoms with van der Waals surface area (Å²) in [7, 11) is 1.70. The lowest BCUT2D eigenvalue weighted by molar-refractivity contribution is 0.415. The summed E-state index contributed by atoms with van der Waals surface area (Å²) in [5, 5.41) is 0. The van der Waals surface area contributed by atoms with E-state index in [0.717, 1.165) is 56.4 Å². The van der Waals surface area contributed by atoms with E-state index in [9.17, 15) is 0 Å². The van der Waals surface area contributed by atoms with Gasteiger partial charge in [-0.2, -0.15) is 0 Å². The van der Waals surface area contributed by atoms with Gasteiger partial charge < -0.3 is 14.5 Å². The van der Waals surface area contributed by atoms with Crippen LogP contribution >= 0.6 is 0 Å². The summed E-state index contributed by atoms with van der Waals surface area (Å²) in [6.07, 6.45) is 4.61. The number of rotatable bonds is 4. The first-order valence-electron chi connectivity index (χ1n) is 10.9. The highest BCUT2D eigenvalue weighted by Crippen LogP contribution is 2.31. The fraction of sp³-hybridized carbons (Fsp3) is 0.360. The van der Waals surface area contributed by atoms with E-state index in [1.54, 1.807) is 7.11 Å². The van der Waals surface area contributed by atoms with Crippen molar-refractivity contribution in [2.75, 3.05) is 43.1 Å². The van der Waals surface area contributed by atoms with Gasteiger partial charge in [-0.25, -0.2) is 9.97 Å². The molecular formula is C25H28N4O. The number of fused-ring (bicyclic) bond motifs is 1. The predicted molar refractivity (Wildman–Crippen MR) is 122 cm³/mol. The molecule has 3 aromatic rings. The van der Waals surface area contributed by atoms with E-state index in [1.807, 2.05) is 12.1 Å². The van der Waals surface area contributed by atoms with Gasteiger partial charge in [-0.1, -0.05) is 30.3 Å². The van der Waals surface area contributed by atoms with Crippen molar-refractivity contribution in [1.29, 1.82) is 0 Å². The van der Waals surface area contributed by atoms with Crippen molar-refractivity contribution in [1.82, 2.24) is 9.97 Å².